The van der Waals surface area contributed by atoms with Crippen molar-refractivity contribution < 1.29 is 0 Å². The van der Waals surface area contributed by atoms with Crippen LogP contribution in [0.15, 0.2) is 84.4 Å². The average molecular weight is 407 g/mol. The maximum Gasteiger partial charge on any atom is 0.0963 e. The van der Waals surface area contributed by atoms with Crippen LogP contribution in [0.3, 0.4) is 0 Å². The van der Waals surface area contributed by atoms with Gasteiger partial charge < -0.3 is 4.57 Å². The molecule has 4 heterocycles. The summed E-state index contributed by atoms with van der Waals surface area (Å²) in [6.45, 7) is 0. The molecule has 7 rings (SSSR count). The molecular weight excluding hydrogens is 392 g/mol. The van der Waals surface area contributed by atoms with Crippen LogP contribution in [-0.4, -0.2) is 9.55 Å². The predicted octanol–water partition coefficient (Wildman–Crippen LogP) is 7.76. The van der Waals surface area contributed by atoms with Gasteiger partial charge in [0.05, 0.1) is 22.2 Å². The highest BCUT2D eigenvalue weighted by Gasteiger charge is 2.19. The summed E-state index contributed by atoms with van der Waals surface area (Å²) < 4.78 is 6.39. The van der Waals surface area contributed by atoms with Gasteiger partial charge in [0.1, 0.15) is 0 Å². The molecule has 0 aliphatic rings. The molecule has 2 nitrogen and oxygen atoms in total. The maximum atomic E-state index is 4.78. The second-order valence-electron chi connectivity index (χ2n) is 7.26. The van der Waals surface area contributed by atoms with Gasteiger partial charge in [0.25, 0.3) is 0 Å². The molecule has 0 spiro atoms. The molecule has 0 aliphatic heterocycles. The van der Waals surface area contributed by atoms with Gasteiger partial charge in [-0.15, -0.1) is 22.7 Å². The molecular formula is C25H14N2S2. The number of benzene rings is 3. The van der Waals surface area contributed by atoms with E-state index in [1.54, 1.807) is 11.3 Å². The normalized spacial score (nSPS) is 12.1. The van der Waals surface area contributed by atoms with Crippen molar-refractivity contribution >= 4 is 74.9 Å². The molecule has 0 aliphatic carbocycles. The number of hydrogen-bond donors (Lipinski definition) is 0. The van der Waals surface area contributed by atoms with E-state index in [9.17, 15) is 0 Å². The van der Waals surface area contributed by atoms with Gasteiger partial charge in [-0.3, -0.25) is 4.98 Å². The number of aromatic nitrogens is 2. The Morgan fingerprint density at radius 1 is 0.690 bits per heavy atom. The lowest BCUT2D eigenvalue weighted by molar-refractivity contribution is 1.21. The molecule has 0 atom stereocenters. The molecule has 29 heavy (non-hydrogen) atoms. The van der Waals surface area contributed by atoms with E-state index >= 15 is 0 Å². The van der Waals surface area contributed by atoms with E-state index in [1.807, 2.05) is 23.6 Å². The fourth-order valence-corrected chi connectivity index (χ4v) is 6.55. The molecule has 0 unspecified atom stereocenters. The molecule has 0 bridgehead atoms. The van der Waals surface area contributed by atoms with Crippen molar-refractivity contribution in [3.8, 4) is 5.69 Å². The number of thiophene rings is 2. The van der Waals surface area contributed by atoms with Crippen molar-refractivity contribution in [1.82, 2.24) is 9.55 Å². The van der Waals surface area contributed by atoms with Crippen molar-refractivity contribution in [1.29, 1.82) is 0 Å². The molecule has 0 saturated heterocycles. The highest BCUT2D eigenvalue weighted by Crippen LogP contribution is 2.43. The minimum Gasteiger partial charge on any atom is -0.305 e. The van der Waals surface area contributed by atoms with E-state index in [0.29, 0.717) is 0 Å². The second-order valence-corrected chi connectivity index (χ2v) is 9.25. The van der Waals surface area contributed by atoms with Gasteiger partial charge in [-0.1, -0.05) is 36.4 Å². The molecule has 0 N–H and O–H groups in total. The lowest BCUT2D eigenvalue weighted by Gasteiger charge is -2.07. The zero-order valence-electron chi connectivity index (χ0n) is 15.3. The number of rotatable bonds is 1. The Morgan fingerprint density at radius 2 is 1.52 bits per heavy atom. The summed E-state index contributed by atoms with van der Waals surface area (Å²) in [5, 5.41) is 7.44. The van der Waals surface area contributed by atoms with E-state index in [0.717, 1.165) is 11.0 Å². The Hall–Kier alpha value is -3.21. The topological polar surface area (TPSA) is 17.8 Å². The lowest BCUT2D eigenvalue weighted by Crippen LogP contribution is -1.93. The van der Waals surface area contributed by atoms with Crippen LogP contribution in [0.4, 0.5) is 0 Å². The molecule has 0 saturated carbocycles. The summed E-state index contributed by atoms with van der Waals surface area (Å²) in [5.74, 6) is 0. The van der Waals surface area contributed by atoms with Crippen molar-refractivity contribution in [3.05, 3.63) is 84.4 Å². The lowest BCUT2D eigenvalue weighted by atomic mass is 10.1. The Morgan fingerprint density at radius 3 is 2.45 bits per heavy atom. The molecule has 4 aromatic heterocycles. The average Bonchev–Trinajstić information content (AvgIpc) is 3.44. The minimum absolute atomic E-state index is 1.06. The molecule has 4 heteroatoms. The first-order chi connectivity index (χ1) is 14.4. The van der Waals surface area contributed by atoms with Crippen LogP contribution in [0.2, 0.25) is 0 Å². The van der Waals surface area contributed by atoms with Gasteiger partial charge >= 0.3 is 0 Å². The number of fused-ring (bicyclic) bond motifs is 8. The summed E-state index contributed by atoms with van der Waals surface area (Å²) in [7, 11) is 0. The number of nitrogens with zero attached hydrogens (tertiary/aromatic N) is 2. The highest BCUT2D eigenvalue weighted by molar-refractivity contribution is 7.26. The van der Waals surface area contributed by atoms with Gasteiger partial charge in [0, 0.05) is 47.2 Å². The third-order valence-electron chi connectivity index (χ3n) is 5.72. The first kappa shape index (κ1) is 15.7. The minimum atomic E-state index is 1.06. The van der Waals surface area contributed by atoms with Gasteiger partial charge in [-0.05, 0) is 36.4 Å². The molecule has 0 amide bonds. The van der Waals surface area contributed by atoms with Crippen molar-refractivity contribution in [2.75, 3.05) is 0 Å². The Bertz CT molecular complexity index is 1720. The van der Waals surface area contributed by atoms with Crippen LogP contribution < -0.4 is 0 Å². The summed E-state index contributed by atoms with van der Waals surface area (Å²) in [6, 6.07) is 26.1. The molecule has 0 radical (unpaired) electrons. The fraction of sp³-hybridized carbons (Fsp3) is 0. The molecule has 0 fully saturated rings. The van der Waals surface area contributed by atoms with Crippen LogP contribution in [-0.2, 0) is 0 Å². The zero-order valence-corrected chi connectivity index (χ0v) is 16.9. The van der Waals surface area contributed by atoms with Gasteiger partial charge in [0.2, 0.25) is 0 Å². The molecule has 7 aromatic rings. The SMILES string of the molecule is c1ccc2c(-n3c4cccnc4c4ccc5sc6ccccc6c5c43)csc2c1. The monoisotopic (exact) mass is 406 g/mol. The first-order valence-electron chi connectivity index (χ1n) is 9.56. The third kappa shape index (κ3) is 2.02. The van der Waals surface area contributed by atoms with Gasteiger partial charge in [-0.25, -0.2) is 0 Å². The number of hydrogen-bond acceptors (Lipinski definition) is 3. The van der Waals surface area contributed by atoms with Gasteiger partial charge in [0.15, 0.2) is 0 Å². The van der Waals surface area contributed by atoms with Crippen LogP contribution in [0.1, 0.15) is 0 Å². The summed E-state index contributed by atoms with van der Waals surface area (Å²) in [4.78, 5) is 4.78. The fourth-order valence-electron chi connectivity index (χ4n) is 4.51. The Kier molecular flexibility index (Phi) is 3.06. The first-order valence-corrected chi connectivity index (χ1v) is 11.3. The van der Waals surface area contributed by atoms with E-state index < -0.39 is 0 Å². The van der Waals surface area contributed by atoms with E-state index in [2.05, 4.69) is 76.7 Å². The summed E-state index contributed by atoms with van der Waals surface area (Å²) in [6.07, 6.45) is 1.90. The second kappa shape index (κ2) is 5.66. The smallest absolute Gasteiger partial charge is 0.0963 e. The van der Waals surface area contributed by atoms with Crippen LogP contribution in [0, 0.1) is 0 Å². The van der Waals surface area contributed by atoms with Crippen LogP contribution in [0.5, 0.6) is 0 Å². The third-order valence-corrected chi connectivity index (χ3v) is 7.81. The largest absolute Gasteiger partial charge is 0.305 e. The predicted molar refractivity (Wildman–Crippen MR) is 127 cm³/mol. The van der Waals surface area contributed by atoms with Crippen LogP contribution >= 0.6 is 22.7 Å². The Labute approximate surface area is 174 Å². The zero-order chi connectivity index (χ0) is 18.9. The van der Waals surface area contributed by atoms with E-state index in [1.165, 1.54) is 46.8 Å². The van der Waals surface area contributed by atoms with E-state index in [4.69, 9.17) is 4.98 Å². The van der Waals surface area contributed by atoms with Crippen molar-refractivity contribution in [2.24, 2.45) is 0 Å². The standard InChI is InChI=1S/C25H14N2S2/c1-3-9-20-15(6-1)19(14-28-20)27-18-8-5-13-26-24(18)17-11-12-22-23(25(17)27)16-7-2-4-10-21(16)29-22/h1-14H. The highest BCUT2D eigenvalue weighted by atomic mass is 32.1. The molecule has 136 valence electrons. The van der Waals surface area contributed by atoms with E-state index in [-0.39, 0.29) is 0 Å². The summed E-state index contributed by atoms with van der Waals surface area (Å²) in [5.41, 5.74) is 4.72. The van der Waals surface area contributed by atoms with Crippen molar-refractivity contribution in [3.63, 3.8) is 0 Å². The quantitative estimate of drug-likeness (QED) is 0.272. The Balaban J connectivity index is 1.80. The number of pyridine rings is 1. The van der Waals surface area contributed by atoms with Crippen molar-refractivity contribution in [2.45, 2.75) is 0 Å². The maximum absolute atomic E-state index is 4.78. The summed E-state index contributed by atoms with van der Waals surface area (Å²) >= 11 is 3.67. The van der Waals surface area contributed by atoms with Crippen LogP contribution in [0.25, 0.3) is 57.9 Å². The van der Waals surface area contributed by atoms with Gasteiger partial charge in [-0.2, -0.15) is 0 Å². The molecule has 3 aromatic carbocycles.